The van der Waals surface area contributed by atoms with Crippen molar-refractivity contribution in [2.75, 3.05) is 7.11 Å². The van der Waals surface area contributed by atoms with E-state index in [1.54, 1.807) is 18.2 Å². The quantitative estimate of drug-likeness (QED) is 0.380. The molecular formula is C14H14FN3O3. The molecule has 0 bridgehead atoms. The molecule has 0 atom stereocenters. The highest BCUT2D eigenvalue weighted by Crippen LogP contribution is 2.19. The maximum atomic E-state index is 13.8. The van der Waals surface area contributed by atoms with Crippen molar-refractivity contribution in [2.45, 2.75) is 6.61 Å². The van der Waals surface area contributed by atoms with Crippen LogP contribution >= 0.6 is 0 Å². The minimum absolute atomic E-state index is 0.0501. The zero-order chi connectivity index (χ0) is 15.2. The number of rotatable bonds is 5. The van der Waals surface area contributed by atoms with Gasteiger partial charge in [0.15, 0.2) is 17.4 Å². The van der Waals surface area contributed by atoms with E-state index in [9.17, 15) is 4.39 Å². The van der Waals surface area contributed by atoms with Gasteiger partial charge in [0, 0.05) is 11.6 Å². The van der Waals surface area contributed by atoms with Crippen molar-refractivity contribution in [3.05, 3.63) is 53.5 Å². The van der Waals surface area contributed by atoms with Crippen LogP contribution in [0.25, 0.3) is 0 Å². The number of methoxy groups -OCH3 is 1. The van der Waals surface area contributed by atoms with Gasteiger partial charge in [0.2, 0.25) is 5.88 Å². The van der Waals surface area contributed by atoms with Gasteiger partial charge in [0.1, 0.15) is 6.61 Å². The lowest BCUT2D eigenvalue weighted by atomic mass is 10.2. The van der Waals surface area contributed by atoms with Gasteiger partial charge in [-0.15, -0.1) is 0 Å². The number of amidine groups is 1. The second kappa shape index (κ2) is 6.56. The summed E-state index contributed by atoms with van der Waals surface area (Å²) in [5, 5.41) is 11.3. The van der Waals surface area contributed by atoms with Crippen LogP contribution in [0, 0.1) is 5.82 Å². The molecule has 6 nitrogen and oxygen atoms in total. The normalized spacial score (nSPS) is 11.2. The van der Waals surface area contributed by atoms with Crippen LogP contribution in [0.1, 0.15) is 11.3 Å². The van der Waals surface area contributed by atoms with Crippen molar-refractivity contribution in [2.24, 2.45) is 10.9 Å². The molecule has 0 amide bonds. The van der Waals surface area contributed by atoms with Crippen molar-refractivity contribution in [3.8, 4) is 11.6 Å². The van der Waals surface area contributed by atoms with Crippen molar-refractivity contribution in [1.29, 1.82) is 0 Å². The Kier molecular flexibility index (Phi) is 4.55. The van der Waals surface area contributed by atoms with E-state index in [4.69, 9.17) is 20.4 Å². The summed E-state index contributed by atoms with van der Waals surface area (Å²) < 4.78 is 24.2. The van der Waals surface area contributed by atoms with Gasteiger partial charge in [-0.2, -0.15) is 0 Å². The van der Waals surface area contributed by atoms with E-state index in [2.05, 4.69) is 10.1 Å². The highest BCUT2D eigenvalue weighted by molar-refractivity contribution is 5.97. The molecular weight excluding hydrogens is 277 g/mol. The standard InChI is InChI=1S/C14H14FN3O3/c1-20-13-4-2-3-10(17-13)8-21-12-6-5-9(7-11(12)15)14(16)18-19/h2-7,19H,8H2,1H3,(H2,16,18). The molecule has 3 N–H and O–H groups in total. The number of aromatic nitrogens is 1. The van der Waals surface area contributed by atoms with Gasteiger partial charge in [-0.25, -0.2) is 9.37 Å². The van der Waals surface area contributed by atoms with Crippen LogP contribution in [0.5, 0.6) is 11.6 Å². The Morgan fingerprint density at radius 3 is 2.86 bits per heavy atom. The summed E-state index contributed by atoms with van der Waals surface area (Å²) >= 11 is 0. The molecule has 0 unspecified atom stereocenters. The maximum Gasteiger partial charge on any atom is 0.213 e. The number of hydrogen-bond donors (Lipinski definition) is 2. The minimum atomic E-state index is -0.609. The molecule has 0 aliphatic heterocycles. The molecule has 0 saturated heterocycles. The summed E-state index contributed by atoms with van der Waals surface area (Å²) in [6.45, 7) is 0.0943. The van der Waals surface area contributed by atoms with Crippen LogP contribution in [0.4, 0.5) is 4.39 Å². The lowest BCUT2D eigenvalue weighted by molar-refractivity contribution is 0.283. The van der Waals surface area contributed by atoms with E-state index in [0.717, 1.165) is 6.07 Å². The molecule has 21 heavy (non-hydrogen) atoms. The number of nitrogens with two attached hydrogens (primary N) is 1. The van der Waals surface area contributed by atoms with E-state index < -0.39 is 5.82 Å². The molecule has 7 heteroatoms. The SMILES string of the molecule is COc1cccc(COc2ccc(/C(N)=N/O)cc2F)n1. The summed E-state index contributed by atoms with van der Waals surface area (Å²) in [6, 6.07) is 9.24. The van der Waals surface area contributed by atoms with Gasteiger partial charge in [-0.3, -0.25) is 0 Å². The number of pyridine rings is 1. The van der Waals surface area contributed by atoms with E-state index in [1.807, 2.05) is 0 Å². The van der Waals surface area contributed by atoms with Crippen LogP contribution in [-0.2, 0) is 6.61 Å². The first-order chi connectivity index (χ1) is 10.1. The molecule has 1 aromatic carbocycles. The Labute approximate surface area is 120 Å². The molecule has 110 valence electrons. The third-order valence-electron chi connectivity index (χ3n) is 2.70. The van der Waals surface area contributed by atoms with Crippen LogP contribution in [0.3, 0.4) is 0 Å². The van der Waals surface area contributed by atoms with E-state index in [1.165, 1.54) is 19.2 Å². The summed E-state index contributed by atoms with van der Waals surface area (Å²) in [7, 11) is 1.51. The van der Waals surface area contributed by atoms with Crippen molar-refractivity contribution < 1.29 is 19.1 Å². The Bertz CT molecular complexity index is 662. The molecule has 1 aromatic heterocycles. The predicted molar refractivity (Wildman–Crippen MR) is 74.0 cm³/mol. The topological polar surface area (TPSA) is 90.0 Å². The van der Waals surface area contributed by atoms with Crippen molar-refractivity contribution in [1.82, 2.24) is 4.98 Å². The van der Waals surface area contributed by atoms with Crippen LogP contribution < -0.4 is 15.2 Å². The van der Waals surface area contributed by atoms with E-state index >= 15 is 0 Å². The van der Waals surface area contributed by atoms with Crippen LogP contribution in [-0.4, -0.2) is 23.1 Å². The predicted octanol–water partition coefficient (Wildman–Crippen LogP) is 1.90. The lowest BCUT2D eigenvalue weighted by Gasteiger charge is -2.08. The third kappa shape index (κ3) is 3.59. The molecule has 0 aliphatic rings. The Hall–Kier alpha value is -2.83. The zero-order valence-electron chi connectivity index (χ0n) is 11.3. The first kappa shape index (κ1) is 14.6. The fraction of sp³-hybridized carbons (Fsp3) is 0.143. The summed E-state index contributed by atoms with van der Waals surface area (Å²) in [5.41, 5.74) is 6.25. The smallest absolute Gasteiger partial charge is 0.213 e. The number of ether oxygens (including phenoxy) is 2. The molecule has 0 saturated carbocycles. The summed E-state index contributed by atoms with van der Waals surface area (Å²) in [5.74, 6) is -0.273. The Balaban J connectivity index is 2.09. The molecule has 0 fully saturated rings. The van der Waals surface area contributed by atoms with Gasteiger partial charge in [-0.05, 0) is 24.3 Å². The monoisotopic (exact) mass is 291 g/mol. The zero-order valence-corrected chi connectivity index (χ0v) is 11.3. The molecule has 1 heterocycles. The third-order valence-corrected chi connectivity index (χ3v) is 2.70. The summed E-state index contributed by atoms with van der Waals surface area (Å²) in [6.07, 6.45) is 0. The highest BCUT2D eigenvalue weighted by Gasteiger charge is 2.08. The minimum Gasteiger partial charge on any atom is -0.484 e. The fourth-order valence-electron chi connectivity index (χ4n) is 1.64. The van der Waals surface area contributed by atoms with E-state index in [0.29, 0.717) is 11.6 Å². The van der Waals surface area contributed by atoms with Gasteiger partial charge in [-0.1, -0.05) is 11.2 Å². The molecule has 0 radical (unpaired) electrons. The second-order valence-corrected chi connectivity index (χ2v) is 4.09. The van der Waals surface area contributed by atoms with Crippen molar-refractivity contribution in [3.63, 3.8) is 0 Å². The number of halogens is 1. The molecule has 2 aromatic rings. The first-order valence-electron chi connectivity index (χ1n) is 6.04. The number of nitrogens with zero attached hydrogens (tertiary/aromatic N) is 2. The second-order valence-electron chi connectivity index (χ2n) is 4.09. The van der Waals surface area contributed by atoms with Crippen molar-refractivity contribution >= 4 is 5.84 Å². The maximum absolute atomic E-state index is 13.8. The Morgan fingerprint density at radius 2 is 2.19 bits per heavy atom. The fourth-order valence-corrected chi connectivity index (χ4v) is 1.64. The number of benzene rings is 1. The van der Waals surface area contributed by atoms with Gasteiger partial charge >= 0.3 is 0 Å². The van der Waals surface area contributed by atoms with Gasteiger partial charge < -0.3 is 20.4 Å². The average Bonchev–Trinajstić information content (AvgIpc) is 2.53. The molecule has 0 aliphatic carbocycles. The number of oxime groups is 1. The van der Waals surface area contributed by atoms with Gasteiger partial charge in [0.05, 0.1) is 12.8 Å². The van der Waals surface area contributed by atoms with Crippen LogP contribution in [0.2, 0.25) is 0 Å². The lowest BCUT2D eigenvalue weighted by Crippen LogP contribution is -2.13. The van der Waals surface area contributed by atoms with Gasteiger partial charge in [0.25, 0.3) is 0 Å². The summed E-state index contributed by atoms with van der Waals surface area (Å²) in [4.78, 5) is 4.15. The molecule has 0 spiro atoms. The molecule has 2 rings (SSSR count). The highest BCUT2D eigenvalue weighted by atomic mass is 19.1. The first-order valence-corrected chi connectivity index (χ1v) is 6.04. The average molecular weight is 291 g/mol. The van der Waals surface area contributed by atoms with E-state index in [-0.39, 0.29) is 23.8 Å². The number of hydrogen-bond acceptors (Lipinski definition) is 5. The Morgan fingerprint density at radius 1 is 1.38 bits per heavy atom. The largest absolute Gasteiger partial charge is 0.484 e. The van der Waals surface area contributed by atoms with Crippen LogP contribution in [0.15, 0.2) is 41.6 Å².